The average molecular weight is 475 g/mol. The lowest BCUT2D eigenvalue weighted by atomic mass is 9.79. The molecule has 0 amide bonds. The number of hydrogen-bond acceptors (Lipinski definition) is 4. The van der Waals surface area contributed by atoms with Gasteiger partial charge in [-0.3, -0.25) is 4.79 Å². The predicted octanol–water partition coefficient (Wildman–Crippen LogP) is 4.16. The first-order valence-electron chi connectivity index (χ1n) is 13.2. The van der Waals surface area contributed by atoms with Crippen LogP contribution in [0.25, 0.3) is 22.0 Å². The number of nitriles is 1. The maximum Gasteiger partial charge on any atom is 0.251 e. The summed E-state index contributed by atoms with van der Waals surface area (Å²) in [6.07, 6.45) is 4.69. The van der Waals surface area contributed by atoms with Crippen LogP contribution >= 0.6 is 0 Å². The second-order valence-electron chi connectivity index (χ2n) is 9.35. The molecule has 6 nitrogen and oxygen atoms in total. The number of fused-ring (bicyclic) bond motifs is 6. The summed E-state index contributed by atoms with van der Waals surface area (Å²) in [6, 6.07) is 22.6. The van der Waals surface area contributed by atoms with Crippen molar-refractivity contribution in [2.75, 3.05) is 0 Å². The molecule has 1 aliphatic carbocycles. The molecular weight excluding hydrogens is 446 g/mol. The summed E-state index contributed by atoms with van der Waals surface area (Å²) in [6.45, 7) is -2.66. The molecule has 0 fully saturated rings. The second kappa shape index (κ2) is 8.04. The molecular formula is C30H25N5O. The third-order valence-electron chi connectivity index (χ3n) is 7.29. The van der Waals surface area contributed by atoms with Crippen molar-refractivity contribution in [3.05, 3.63) is 123 Å². The zero-order valence-electron chi connectivity index (χ0n) is 22.7. The molecule has 1 atom stereocenters. The third-order valence-corrected chi connectivity index (χ3v) is 7.29. The SMILES string of the molecule is [2H]C([2H])([2H])n1c(=O)cc2c3cc(ccc31)C(N)(c1cncn1C)c1ccc(C#N)c(c1)CCc1cccc-2c1. The van der Waals surface area contributed by atoms with E-state index >= 15 is 0 Å². The Balaban J connectivity index is 1.78. The van der Waals surface area contributed by atoms with Gasteiger partial charge in [-0.05, 0) is 64.4 Å². The van der Waals surface area contributed by atoms with E-state index in [0.717, 1.165) is 32.5 Å². The monoisotopic (exact) mass is 474 g/mol. The molecule has 2 heterocycles. The minimum Gasteiger partial charge on any atom is -0.336 e. The molecule has 36 heavy (non-hydrogen) atoms. The van der Waals surface area contributed by atoms with Gasteiger partial charge in [0, 0.05) is 29.6 Å². The Morgan fingerprint density at radius 2 is 1.92 bits per heavy atom. The molecule has 0 saturated heterocycles. The first-order valence-corrected chi connectivity index (χ1v) is 11.7. The number of nitrogens with zero attached hydrogens (tertiary/aromatic N) is 4. The Morgan fingerprint density at radius 3 is 2.69 bits per heavy atom. The molecule has 6 heteroatoms. The molecule has 0 saturated carbocycles. The average Bonchev–Trinajstić information content (AvgIpc) is 3.35. The standard InChI is InChI=1S/C30H25N5O/c1-34-18-33-17-28(34)30(32)23-9-8-22(16-31)20(13-23)7-6-19-4-3-5-21(12-19)25-15-29(36)35(2)27-11-10-24(30)14-26(25)27/h3-5,8-15,17-18H,6-7,32H2,1-2H3/i2D3. The van der Waals surface area contributed by atoms with E-state index in [9.17, 15) is 10.1 Å². The zero-order chi connectivity index (χ0) is 27.5. The highest BCUT2D eigenvalue weighted by molar-refractivity contribution is 5.95. The van der Waals surface area contributed by atoms with E-state index in [4.69, 9.17) is 9.85 Å². The van der Waals surface area contributed by atoms with Gasteiger partial charge in [-0.15, -0.1) is 0 Å². The Hall–Kier alpha value is -4.47. The van der Waals surface area contributed by atoms with Crippen molar-refractivity contribution in [1.29, 1.82) is 5.26 Å². The maximum atomic E-state index is 13.2. The van der Waals surface area contributed by atoms with E-state index in [1.165, 1.54) is 6.07 Å². The summed E-state index contributed by atoms with van der Waals surface area (Å²) < 4.78 is 26.9. The van der Waals surface area contributed by atoms with Crippen LogP contribution in [0.4, 0.5) is 0 Å². The molecule has 5 aromatic rings. The van der Waals surface area contributed by atoms with Crippen LogP contribution in [-0.2, 0) is 32.4 Å². The van der Waals surface area contributed by atoms with E-state index in [0.29, 0.717) is 40.4 Å². The number of rotatable bonds is 1. The first kappa shape index (κ1) is 18.8. The van der Waals surface area contributed by atoms with Crippen LogP contribution in [0, 0.1) is 11.3 Å². The Kier molecular flexibility index (Phi) is 4.20. The third kappa shape index (κ3) is 3.21. The molecule has 6 rings (SSSR count). The smallest absolute Gasteiger partial charge is 0.251 e. The zero-order valence-corrected chi connectivity index (χ0v) is 19.7. The molecule has 2 N–H and O–H groups in total. The quantitative estimate of drug-likeness (QED) is 0.395. The van der Waals surface area contributed by atoms with Crippen LogP contribution in [0.5, 0.6) is 0 Å². The van der Waals surface area contributed by atoms with Crippen LogP contribution in [-0.4, -0.2) is 14.1 Å². The van der Waals surface area contributed by atoms with Crippen LogP contribution < -0.4 is 11.3 Å². The summed E-state index contributed by atoms with van der Waals surface area (Å²) in [5.41, 5.74) is 12.0. The number of pyridine rings is 1. The molecule has 0 spiro atoms. The molecule has 6 bridgehead atoms. The summed E-state index contributed by atoms with van der Waals surface area (Å²) in [4.78, 5) is 17.5. The summed E-state index contributed by atoms with van der Waals surface area (Å²) in [5, 5.41) is 10.4. The van der Waals surface area contributed by atoms with Gasteiger partial charge in [-0.25, -0.2) is 4.98 Å². The fourth-order valence-electron chi connectivity index (χ4n) is 5.34. The molecule has 2 aromatic heterocycles. The van der Waals surface area contributed by atoms with Gasteiger partial charge in [-0.1, -0.05) is 42.5 Å². The number of aromatic nitrogens is 3. The molecule has 0 radical (unpaired) electrons. The van der Waals surface area contributed by atoms with Crippen molar-refractivity contribution in [3.63, 3.8) is 0 Å². The summed E-state index contributed by atoms with van der Waals surface area (Å²) >= 11 is 0. The van der Waals surface area contributed by atoms with Crippen molar-refractivity contribution in [2.45, 2.75) is 18.4 Å². The number of hydrogen-bond donors (Lipinski definition) is 1. The van der Waals surface area contributed by atoms with Gasteiger partial charge in [0.2, 0.25) is 0 Å². The van der Waals surface area contributed by atoms with Crippen LogP contribution in [0.15, 0.2) is 84.0 Å². The van der Waals surface area contributed by atoms with Gasteiger partial charge in [0.1, 0.15) is 5.54 Å². The lowest BCUT2D eigenvalue weighted by Gasteiger charge is -2.32. The highest BCUT2D eigenvalue weighted by Crippen LogP contribution is 2.38. The molecule has 1 aliphatic rings. The van der Waals surface area contributed by atoms with Crippen LogP contribution in [0.2, 0.25) is 0 Å². The van der Waals surface area contributed by atoms with Crippen LogP contribution in [0.1, 0.15) is 37.6 Å². The van der Waals surface area contributed by atoms with E-state index in [1.807, 2.05) is 54.1 Å². The van der Waals surface area contributed by atoms with E-state index in [-0.39, 0.29) is 0 Å². The normalized spacial score (nSPS) is 18.3. The fourth-order valence-corrected chi connectivity index (χ4v) is 5.34. The largest absolute Gasteiger partial charge is 0.336 e. The number of imidazole rings is 1. The Bertz CT molecular complexity index is 1880. The van der Waals surface area contributed by atoms with E-state index < -0.39 is 18.1 Å². The molecule has 3 aromatic carbocycles. The minimum absolute atomic E-state index is 0.300. The number of benzene rings is 3. The van der Waals surface area contributed by atoms with Gasteiger partial charge in [0.25, 0.3) is 5.56 Å². The highest BCUT2D eigenvalue weighted by atomic mass is 16.1. The Morgan fingerprint density at radius 1 is 1.08 bits per heavy atom. The molecule has 176 valence electrons. The molecule has 1 unspecified atom stereocenters. The lowest BCUT2D eigenvalue weighted by Crippen LogP contribution is -2.41. The van der Waals surface area contributed by atoms with Crippen LogP contribution in [0.3, 0.4) is 0 Å². The fraction of sp³-hybridized carbons (Fsp3) is 0.167. The lowest BCUT2D eigenvalue weighted by molar-refractivity contribution is 0.595. The van der Waals surface area contributed by atoms with E-state index in [2.05, 4.69) is 11.1 Å². The predicted molar refractivity (Wildman–Crippen MR) is 140 cm³/mol. The van der Waals surface area contributed by atoms with Gasteiger partial charge in [0.05, 0.1) is 35.4 Å². The summed E-state index contributed by atoms with van der Waals surface area (Å²) in [5.74, 6) is 0. The molecule has 0 aliphatic heterocycles. The topological polar surface area (TPSA) is 89.6 Å². The van der Waals surface area contributed by atoms with Crippen molar-refractivity contribution >= 4 is 10.9 Å². The van der Waals surface area contributed by atoms with Crippen molar-refractivity contribution in [1.82, 2.24) is 14.1 Å². The summed E-state index contributed by atoms with van der Waals surface area (Å²) in [7, 11) is 1.87. The van der Waals surface area contributed by atoms with Crippen molar-refractivity contribution < 1.29 is 4.11 Å². The Labute approximate surface area is 213 Å². The second-order valence-corrected chi connectivity index (χ2v) is 9.35. The van der Waals surface area contributed by atoms with E-state index in [1.54, 1.807) is 30.7 Å². The van der Waals surface area contributed by atoms with Gasteiger partial charge in [-0.2, -0.15) is 5.26 Å². The minimum atomic E-state index is -2.66. The number of aryl methyl sites for hydroxylation is 4. The van der Waals surface area contributed by atoms with Gasteiger partial charge >= 0.3 is 0 Å². The number of nitrogens with two attached hydrogens (primary N) is 1. The van der Waals surface area contributed by atoms with Crippen molar-refractivity contribution in [3.8, 4) is 17.2 Å². The first-order chi connectivity index (χ1) is 18.6. The maximum absolute atomic E-state index is 13.2. The highest BCUT2D eigenvalue weighted by Gasteiger charge is 2.35. The van der Waals surface area contributed by atoms with Gasteiger partial charge < -0.3 is 14.9 Å². The van der Waals surface area contributed by atoms with Gasteiger partial charge in [0.15, 0.2) is 0 Å². The van der Waals surface area contributed by atoms with Crippen molar-refractivity contribution in [2.24, 2.45) is 19.8 Å².